The molecule has 0 atom stereocenters. The highest BCUT2D eigenvalue weighted by atomic mass is 19.1. The van der Waals surface area contributed by atoms with Gasteiger partial charge in [-0.05, 0) is 46.6 Å². The lowest BCUT2D eigenvalue weighted by molar-refractivity contribution is 0.239. The monoisotopic (exact) mass is 192 g/mol. The Morgan fingerprint density at radius 2 is 1.57 bits per heavy atom. The van der Waals surface area contributed by atoms with Gasteiger partial charge < -0.3 is 0 Å². The number of aryl methyl sites for hydroxylation is 1. The van der Waals surface area contributed by atoms with Crippen LogP contribution in [0.2, 0.25) is 0 Å². The third-order valence-electron chi connectivity index (χ3n) is 4.16. The Morgan fingerprint density at radius 3 is 2.14 bits per heavy atom. The molecule has 0 radical (unpaired) electrons. The van der Waals surface area contributed by atoms with E-state index in [2.05, 4.69) is 27.7 Å². The highest BCUT2D eigenvalue weighted by molar-refractivity contribution is 5.56. The number of hydrogen-bond acceptors (Lipinski definition) is 0. The highest BCUT2D eigenvalue weighted by Gasteiger charge is 2.52. The van der Waals surface area contributed by atoms with Crippen molar-refractivity contribution in [3.63, 3.8) is 0 Å². The van der Waals surface area contributed by atoms with Crippen molar-refractivity contribution < 1.29 is 4.39 Å². The Hall–Kier alpha value is -0.850. The van der Waals surface area contributed by atoms with E-state index in [-0.39, 0.29) is 16.6 Å². The summed E-state index contributed by atoms with van der Waals surface area (Å²) in [5, 5.41) is 0. The summed E-state index contributed by atoms with van der Waals surface area (Å²) in [4.78, 5) is 0. The molecule has 2 rings (SSSR count). The molecule has 0 amide bonds. The van der Waals surface area contributed by atoms with Gasteiger partial charge in [0.25, 0.3) is 0 Å². The quantitative estimate of drug-likeness (QED) is 0.588. The van der Waals surface area contributed by atoms with Crippen molar-refractivity contribution in [2.75, 3.05) is 0 Å². The molecular weight excluding hydrogens is 175 g/mol. The maximum absolute atomic E-state index is 13.2. The van der Waals surface area contributed by atoms with Gasteiger partial charge in [0.1, 0.15) is 5.82 Å². The molecule has 0 saturated heterocycles. The van der Waals surface area contributed by atoms with Crippen LogP contribution in [0.4, 0.5) is 4.39 Å². The van der Waals surface area contributed by atoms with E-state index in [1.54, 1.807) is 12.1 Å². The van der Waals surface area contributed by atoms with Crippen LogP contribution >= 0.6 is 0 Å². The lowest BCUT2D eigenvalue weighted by Gasteiger charge is -2.55. The molecule has 0 unspecified atom stereocenters. The van der Waals surface area contributed by atoms with Gasteiger partial charge in [-0.25, -0.2) is 4.39 Å². The summed E-state index contributed by atoms with van der Waals surface area (Å²) in [5.74, 6) is -0.107. The lowest BCUT2D eigenvalue weighted by atomic mass is 9.49. The third-order valence-corrected chi connectivity index (χ3v) is 4.16. The van der Waals surface area contributed by atoms with Crippen LogP contribution in [0.25, 0.3) is 0 Å². The van der Waals surface area contributed by atoms with E-state index >= 15 is 0 Å². The third kappa shape index (κ3) is 0.879. The molecule has 14 heavy (non-hydrogen) atoms. The molecule has 1 aliphatic rings. The van der Waals surface area contributed by atoms with Crippen LogP contribution in [-0.4, -0.2) is 0 Å². The zero-order valence-electron chi connectivity index (χ0n) is 9.53. The second-order valence-corrected chi connectivity index (χ2v) is 5.40. The summed E-state index contributed by atoms with van der Waals surface area (Å²) in [6.07, 6.45) is 0. The summed E-state index contributed by atoms with van der Waals surface area (Å²) in [5.41, 5.74) is 3.86. The van der Waals surface area contributed by atoms with Crippen molar-refractivity contribution >= 4 is 0 Å². The molecule has 0 heterocycles. The van der Waals surface area contributed by atoms with Crippen LogP contribution in [0, 0.1) is 12.7 Å². The molecule has 76 valence electrons. The van der Waals surface area contributed by atoms with Crippen LogP contribution in [0.3, 0.4) is 0 Å². The summed E-state index contributed by atoms with van der Waals surface area (Å²) < 4.78 is 13.2. The fourth-order valence-corrected chi connectivity index (χ4v) is 2.65. The molecule has 0 spiro atoms. The standard InChI is InChI=1S/C13H17F/c1-8-6-9(14)7-10-11(8)13(4,5)12(10,2)3/h6-7H,1-5H3. The van der Waals surface area contributed by atoms with E-state index < -0.39 is 0 Å². The molecule has 1 aromatic carbocycles. The molecule has 1 aliphatic carbocycles. The van der Waals surface area contributed by atoms with Crippen LogP contribution in [0.15, 0.2) is 12.1 Å². The van der Waals surface area contributed by atoms with Crippen LogP contribution in [0.5, 0.6) is 0 Å². The SMILES string of the molecule is Cc1cc(F)cc2c1C(C)(C)C2(C)C. The average Bonchev–Trinajstić information content (AvgIpc) is 2.01. The Kier molecular flexibility index (Phi) is 1.65. The van der Waals surface area contributed by atoms with Crippen molar-refractivity contribution in [2.24, 2.45) is 0 Å². The average molecular weight is 192 g/mol. The molecule has 1 aromatic rings. The second-order valence-electron chi connectivity index (χ2n) is 5.40. The van der Waals surface area contributed by atoms with Crippen LogP contribution < -0.4 is 0 Å². The molecule has 0 aliphatic heterocycles. The molecule has 0 aromatic heterocycles. The first-order valence-corrected chi connectivity index (χ1v) is 5.09. The van der Waals surface area contributed by atoms with Crippen molar-refractivity contribution in [1.82, 2.24) is 0 Å². The van der Waals surface area contributed by atoms with E-state index in [9.17, 15) is 4.39 Å². The minimum atomic E-state index is -0.107. The number of hydrogen-bond donors (Lipinski definition) is 0. The van der Waals surface area contributed by atoms with E-state index in [0.717, 1.165) is 5.56 Å². The van der Waals surface area contributed by atoms with Gasteiger partial charge in [-0.2, -0.15) is 0 Å². The highest BCUT2D eigenvalue weighted by Crippen LogP contribution is 2.56. The Labute approximate surface area is 85.1 Å². The minimum absolute atomic E-state index is 0.0925. The zero-order valence-corrected chi connectivity index (χ0v) is 9.53. The Bertz CT molecular complexity index is 400. The van der Waals surface area contributed by atoms with Gasteiger partial charge in [0, 0.05) is 0 Å². The number of fused-ring (bicyclic) bond motifs is 1. The zero-order chi connectivity index (χ0) is 10.7. The molecule has 0 saturated carbocycles. The fourth-order valence-electron chi connectivity index (χ4n) is 2.65. The summed E-state index contributed by atoms with van der Waals surface area (Å²) in [6, 6.07) is 3.32. The maximum atomic E-state index is 13.2. The van der Waals surface area contributed by atoms with E-state index in [1.165, 1.54) is 11.1 Å². The fraction of sp³-hybridized carbons (Fsp3) is 0.538. The van der Waals surface area contributed by atoms with E-state index in [0.29, 0.717) is 0 Å². The first-order chi connectivity index (χ1) is 6.28. The molecule has 0 fully saturated rings. The van der Waals surface area contributed by atoms with Gasteiger partial charge in [-0.15, -0.1) is 0 Å². The largest absolute Gasteiger partial charge is 0.207 e. The predicted molar refractivity (Wildman–Crippen MR) is 57.2 cm³/mol. The maximum Gasteiger partial charge on any atom is 0.123 e. The van der Waals surface area contributed by atoms with Crippen molar-refractivity contribution in [1.29, 1.82) is 0 Å². The molecular formula is C13H17F. The molecule has 0 N–H and O–H groups in total. The van der Waals surface area contributed by atoms with Crippen molar-refractivity contribution in [2.45, 2.75) is 45.4 Å². The minimum Gasteiger partial charge on any atom is -0.207 e. The van der Waals surface area contributed by atoms with Crippen molar-refractivity contribution in [3.05, 3.63) is 34.6 Å². The number of halogens is 1. The van der Waals surface area contributed by atoms with E-state index in [1.807, 2.05) is 6.92 Å². The molecule has 0 nitrogen and oxygen atoms in total. The van der Waals surface area contributed by atoms with E-state index in [4.69, 9.17) is 0 Å². The summed E-state index contributed by atoms with van der Waals surface area (Å²) in [6.45, 7) is 10.8. The van der Waals surface area contributed by atoms with Gasteiger partial charge in [-0.1, -0.05) is 27.7 Å². The topological polar surface area (TPSA) is 0 Å². The van der Waals surface area contributed by atoms with Gasteiger partial charge in [-0.3, -0.25) is 0 Å². The lowest BCUT2D eigenvalue weighted by Crippen LogP contribution is -2.51. The Balaban J connectivity index is 2.72. The normalized spacial score (nSPS) is 21.3. The molecule has 1 heteroatoms. The van der Waals surface area contributed by atoms with Crippen LogP contribution in [0.1, 0.15) is 44.4 Å². The van der Waals surface area contributed by atoms with Gasteiger partial charge in [0.05, 0.1) is 0 Å². The molecule has 0 bridgehead atoms. The number of rotatable bonds is 0. The first kappa shape index (κ1) is 9.70. The van der Waals surface area contributed by atoms with Crippen LogP contribution in [-0.2, 0) is 10.8 Å². The second kappa shape index (κ2) is 2.39. The van der Waals surface area contributed by atoms with Gasteiger partial charge in [0.2, 0.25) is 0 Å². The summed E-state index contributed by atoms with van der Waals surface area (Å²) >= 11 is 0. The van der Waals surface area contributed by atoms with Gasteiger partial charge in [0.15, 0.2) is 0 Å². The smallest absolute Gasteiger partial charge is 0.123 e. The van der Waals surface area contributed by atoms with Crippen molar-refractivity contribution in [3.8, 4) is 0 Å². The number of benzene rings is 1. The summed E-state index contributed by atoms with van der Waals surface area (Å²) in [7, 11) is 0. The predicted octanol–water partition coefficient (Wildman–Crippen LogP) is 3.70. The van der Waals surface area contributed by atoms with Gasteiger partial charge >= 0.3 is 0 Å². The Morgan fingerprint density at radius 1 is 1.00 bits per heavy atom. The first-order valence-electron chi connectivity index (χ1n) is 5.09.